The zero-order valence-corrected chi connectivity index (χ0v) is 17.4. The Balaban J connectivity index is 1.69. The van der Waals surface area contributed by atoms with E-state index in [9.17, 15) is 14.7 Å². The van der Waals surface area contributed by atoms with Gasteiger partial charge in [-0.05, 0) is 47.1 Å². The normalized spacial score (nSPS) is 13.2. The number of ether oxygens (including phenoxy) is 1. The lowest BCUT2D eigenvalue weighted by Crippen LogP contribution is -2.47. The summed E-state index contributed by atoms with van der Waals surface area (Å²) >= 11 is 0. The Morgan fingerprint density at radius 1 is 0.903 bits per heavy atom. The number of hydrogen-bond acceptors (Lipinski definition) is 3. The maximum Gasteiger partial charge on any atom is 0.411 e. The van der Waals surface area contributed by atoms with Crippen LogP contribution in [0.3, 0.4) is 0 Å². The molecule has 1 N–H and O–H groups in total. The largest absolute Gasteiger partial charge is 0.480 e. The first-order valence-corrected chi connectivity index (χ1v) is 10.4. The minimum absolute atomic E-state index is 0.333. The molecule has 0 heterocycles. The Bertz CT molecular complexity index is 1030. The van der Waals surface area contributed by atoms with Gasteiger partial charge in [0.2, 0.25) is 0 Å². The first-order chi connectivity index (χ1) is 15.1. The molecule has 0 radical (unpaired) electrons. The van der Waals surface area contributed by atoms with Crippen molar-refractivity contribution in [3.63, 3.8) is 0 Å². The number of carbonyl (C=O) groups is 2. The number of aryl methyl sites for hydroxylation is 1. The molecule has 5 heteroatoms. The van der Waals surface area contributed by atoms with Crippen molar-refractivity contribution in [2.24, 2.45) is 0 Å². The van der Waals surface area contributed by atoms with Crippen LogP contribution in [0.1, 0.15) is 35.6 Å². The number of methoxy groups -OCH3 is 1. The van der Waals surface area contributed by atoms with Crippen molar-refractivity contribution < 1.29 is 19.4 Å². The number of amides is 1. The van der Waals surface area contributed by atoms with Crippen LogP contribution in [0.5, 0.6) is 0 Å². The van der Waals surface area contributed by atoms with E-state index in [-0.39, 0.29) is 0 Å². The van der Waals surface area contributed by atoms with Gasteiger partial charge in [0.05, 0.1) is 13.2 Å². The zero-order valence-electron chi connectivity index (χ0n) is 17.4. The molecule has 3 aromatic rings. The molecule has 31 heavy (non-hydrogen) atoms. The number of fused-ring (bicyclic) bond motifs is 3. The van der Waals surface area contributed by atoms with Crippen LogP contribution < -0.4 is 0 Å². The van der Waals surface area contributed by atoms with Gasteiger partial charge in [-0.25, -0.2) is 9.59 Å². The zero-order chi connectivity index (χ0) is 21.8. The number of carboxylic acids is 1. The molecule has 0 bridgehead atoms. The van der Waals surface area contributed by atoms with Gasteiger partial charge in [-0.15, -0.1) is 0 Å². The fraction of sp³-hybridized carbons (Fsp3) is 0.231. The lowest BCUT2D eigenvalue weighted by molar-refractivity contribution is -0.143. The monoisotopic (exact) mass is 415 g/mol. The SMILES string of the molecule is COC(=O)N(C1c2ccccc2-c2ccccc21)[C@@H](CCCc1ccccc1)C(=O)O. The van der Waals surface area contributed by atoms with Gasteiger partial charge in [-0.3, -0.25) is 4.90 Å². The van der Waals surface area contributed by atoms with Gasteiger partial charge in [0.1, 0.15) is 6.04 Å². The third-order valence-corrected chi connectivity index (χ3v) is 5.87. The Kier molecular flexibility index (Phi) is 6.03. The predicted octanol–water partition coefficient (Wildman–Crippen LogP) is 5.30. The predicted molar refractivity (Wildman–Crippen MR) is 119 cm³/mol. The highest BCUT2D eigenvalue weighted by molar-refractivity contribution is 5.85. The van der Waals surface area contributed by atoms with Gasteiger partial charge in [-0.2, -0.15) is 0 Å². The van der Waals surface area contributed by atoms with E-state index in [4.69, 9.17) is 4.74 Å². The molecule has 1 atom stereocenters. The van der Waals surface area contributed by atoms with Gasteiger partial charge in [0.15, 0.2) is 0 Å². The van der Waals surface area contributed by atoms with Crippen LogP contribution in [0.2, 0.25) is 0 Å². The molecule has 1 aliphatic rings. The molecule has 158 valence electrons. The van der Waals surface area contributed by atoms with Gasteiger partial charge < -0.3 is 9.84 Å². The van der Waals surface area contributed by atoms with Gasteiger partial charge >= 0.3 is 12.1 Å². The molecule has 4 rings (SSSR count). The van der Waals surface area contributed by atoms with E-state index >= 15 is 0 Å². The third kappa shape index (κ3) is 4.04. The van der Waals surface area contributed by atoms with Gasteiger partial charge in [0, 0.05) is 0 Å². The number of rotatable bonds is 7. The lowest BCUT2D eigenvalue weighted by Gasteiger charge is -2.34. The standard InChI is InChI=1S/C26H25NO4/c1-31-26(30)27(23(25(28)29)17-9-12-18-10-3-2-4-11-18)24-21-15-7-5-13-19(21)20-14-6-8-16-22(20)24/h2-8,10-11,13-16,23-24H,9,12,17H2,1H3,(H,28,29)/t23-/m0/s1. The first-order valence-electron chi connectivity index (χ1n) is 10.4. The molecule has 5 nitrogen and oxygen atoms in total. The minimum Gasteiger partial charge on any atom is -0.480 e. The van der Waals surface area contributed by atoms with Crippen molar-refractivity contribution in [1.82, 2.24) is 4.90 Å². The molecule has 0 unspecified atom stereocenters. The van der Waals surface area contributed by atoms with Crippen LogP contribution in [-0.2, 0) is 16.0 Å². The molecule has 0 saturated heterocycles. The molecular weight excluding hydrogens is 390 g/mol. The van der Waals surface area contributed by atoms with E-state index < -0.39 is 24.1 Å². The van der Waals surface area contributed by atoms with Crippen LogP contribution in [0.4, 0.5) is 4.79 Å². The molecule has 1 amide bonds. The van der Waals surface area contributed by atoms with Crippen molar-refractivity contribution in [2.75, 3.05) is 7.11 Å². The highest BCUT2D eigenvalue weighted by Gasteiger charge is 2.41. The summed E-state index contributed by atoms with van der Waals surface area (Å²) in [4.78, 5) is 26.7. The minimum atomic E-state index is -1.03. The molecule has 0 saturated carbocycles. The third-order valence-electron chi connectivity index (χ3n) is 5.87. The number of carboxylic acid groups (broad SMARTS) is 1. The molecular formula is C26H25NO4. The number of carbonyl (C=O) groups excluding carboxylic acids is 1. The van der Waals surface area contributed by atoms with Crippen molar-refractivity contribution >= 4 is 12.1 Å². The Morgan fingerprint density at radius 3 is 2.00 bits per heavy atom. The number of benzene rings is 3. The smallest absolute Gasteiger partial charge is 0.411 e. The van der Waals surface area contributed by atoms with E-state index in [1.807, 2.05) is 78.9 Å². The summed E-state index contributed by atoms with van der Waals surface area (Å²) in [6.07, 6.45) is 1.09. The summed E-state index contributed by atoms with van der Waals surface area (Å²) in [5.41, 5.74) is 5.02. The average molecular weight is 415 g/mol. The van der Waals surface area contributed by atoms with E-state index in [0.29, 0.717) is 12.8 Å². The van der Waals surface area contributed by atoms with Crippen LogP contribution in [-0.4, -0.2) is 35.2 Å². The quantitative estimate of drug-likeness (QED) is 0.569. The van der Waals surface area contributed by atoms with E-state index in [2.05, 4.69) is 0 Å². The topological polar surface area (TPSA) is 66.8 Å². The molecule has 3 aromatic carbocycles. The summed E-state index contributed by atoms with van der Waals surface area (Å²) < 4.78 is 5.07. The number of aliphatic carboxylic acids is 1. The average Bonchev–Trinajstić information content (AvgIpc) is 3.13. The second kappa shape index (κ2) is 9.04. The van der Waals surface area contributed by atoms with Crippen LogP contribution in [0.25, 0.3) is 11.1 Å². The Morgan fingerprint density at radius 2 is 1.45 bits per heavy atom. The highest BCUT2D eigenvalue weighted by atomic mass is 16.5. The van der Waals surface area contributed by atoms with Crippen LogP contribution >= 0.6 is 0 Å². The second-order valence-electron chi connectivity index (χ2n) is 7.69. The summed E-state index contributed by atoms with van der Waals surface area (Å²) in [6, 6.07) is 24.1. The molecule has 1 aliphatic carbocycles. The van der Waals surface area contributed by atoms with Crippen molar-refractivity contribution in [3.8, 4) is 11.1 Å². The number of nitrogens with zero attached hydrogens (tertiary/aromatic N) is 1. The Labute approximate surface area is 181 Å². The molecule has 0 fully saturated rings. The summed E-state index contributed by atoms with van der Waals surface area (Å²) in [7, 11) is 1.30. The summed E-state index contributed by atoms with van der Waals surface area (Å²) in [5, 5.41) is 10.1. The maximum absolute atomic E-state index is 12.9. The first kappa shape index (κ1) is 20.7. The summed E-state index contributed by atoms with van der Waals surface area (Å²) in [5.74, 6) is -1.03. The Hall–Kier alpha value is -3.60. The fourth-order valence-corrected chi connectivity index (χ4v) is 4.47. The maximum atomic E-state index is 12.9. The van der Waals surface area contributed by atoms with E-state index in [1.165, 1.54) is 12.0 Å². The van der Waals surface area contributed by atoms with Gasteiger partial charge in [-0.1, -0.05) is 78.9 Å². The second-order valence-corrected chi connectivity index (χ2v) is 7.69. The molecule has 0 aliphatic heterocycles. The fourth-order valence-electron chi connectivity index (χ4n) is 4.47. The van der Waals surface area contributed by atoms with Crippen molar-refractivity contribution in [1.29, 1.82) is 0 Å². The van der Waals surface area contributed by atoms with E-state index in [1.54, 1.807) is 0 Å². The molecule has 0 spiro atoms. The van der Waals surface area contributed by atoms with Crippen molar-refractivity contribution in [3.05, 3.63) is 95.6 Å². The van der Waals surface area contributed by atoms with Gasteiger partial charge in [0.25, 0.3) is 0 Å². The summed E-state index contributed by atoms with van der Waals surface area (Å²) in [6.45, 7) is 0. The van der Waals surface area contributed by atoms with Crippen molar-refractivity contribution in [2.45, 2.75) is 31.3 Å². The molecule has 0 aromatic heterocycles. The highest BCUT2D eigenvalue weighted by Crippen LogP contribution is 2.47. The van der Waals surface area contributed by atoms with Crippen LogP contribution in [0.15, 0.2) is 78.9 Å². The van der Waals surface area contributed by atoms with E-state index in [0.717, 1.165) is 34.2 Å². The lowest BCUT2D eigenvalue weighted by atomic mass is 9.98. The van der Waals surface area contributed by atoms with Crippen LogP contribution in [0, 0.1) is 0 Å². The number of hydrogen-bond donors (Lipinski definition) is 1.